The van der Waals surface area contributed by atoms with Crippen LogP contribution in [0.15, 0.2) is 65.7 Å². The van der Waals surface area contributed by atoms with Crippen molar-refractivity contribution in [1.29, 1.82) is 0 Å². The number of hydrogen-bond acceptors (Lipinski definition) is 3. The normalized spacial score (nSPS) is 10.9. The van der Waals surface area contributed by atoms with E-state index in [-0.39, 0.29) is 5.78 Å². The van der Waals surface area contributed by atoms with Gasteiger partial charge in [0.05, 0.1) is 6.61 Å². The van der Waals surface area contributed by atoms with Crippen molar-refractivity contribution in [2.45, 2.75) is 38.5 Å². The smallest absolute Gasteiger partial charge is 0.193 e. The SMILES string of the molecule is C=CCN(C)CCCCCCCCOc1ccc(C(=O)c2ccc(Br)cc2)cc1. The summed E-state index contributed by atoms with van der Waals surface area (Å²) >= 11 is 3.39. The van der Waals surface area contributed by atoms with Crippen molar-refractivity contribution < 1.29 is 9.53 Å². The minimum Gasteiger partial charge on any atom is -0.494 e. The van der Waals surface area contributed by atoms with Gasteiger partial charge in [-0.1, -0.05) is 47.7 Å². The molecule has 0 atom stereocenters. The quantitative estimate of drug-likeness (QED) is 0.183. The molecule has 0 aromatic heterocycles. The zero-order valence-corrected chi connectivity index (χ0v) is 19.0. The van der Waals surface area contributed by atoms with Gasteiger partial charge in [0.1, 0.15) is 5.75 Å². The second kappa shape index (κ2) is 13.3. The molecule has 0 fully saturated rings. The van der Waals surface area contributed by atoms with Gasteiger partial charge in [0.15, 0.2) is 5.78 Å². The van der Waals surface area contributed by atoms with Gasteiger partial charge in [-0.2, -0.15) is 0 Å². The molecule has 0 bridgehead atoms. The minimum absolute atomic E-state index is 0.0275. The lowest BCUT2D eigenvalue weighted by molar-refractivity contribution is 0.103. The Labute approximate surface area is 183 Å². The molecule has 0 spiro atoms. The van der Waals surface area contributed by atoms with Crippen LogP contribution in [-0.2, 0) is 0 Å². The van der Waals surface area contributed by atoms with Crippen LogP contribution in [0.5, 0.6) is 5.75 Å². The van der Waals surface area contributed by atoms with Crippen molar-refractivity contribution >= 4 is 21.7 Å². The number of hydrogen-bond donors (Lipinski definition) is 0. The molecule has 0 aliphatic rings. The second-order valence-electron chi connectivity index (χ2n) is 7.38. The Hall–Kier alpha value is -1.91. The molecule has 4 heteroatoms. The number of ether oxygens (including phenoxy) is 1. The molecule has 2 aromatic carbocycles. The molecule has 0 N–H and O–H groups in total. The first kappa shape index (κ1) is 23.4. The largest absolute Gasteiger partial charge is 0.494 e. The lowest BCUT2D eigenvalue weighted by Gasteiger charge is -2.13. The predicted octanol–water partition coefficient (Wildman–Crippen LogP) is 6.52. The molecule has 2 rings (SSSR count). The molecule has 29 heavy (non-hydrogen) atoms. The summed E-state index contributed by atoms with van der Waals surface area (Å²) in [6.07, 6.45) is 9.30. The van der Waals surface area contributed by atoms with Gasteiger partial charge in [0, 0.05) is 22.1 Å². The van der Waals surface area contributed by atoms with E-state index in [2.05, 4.69) is 34.5 Å². The molecular weight excluding hydrogens is 426 g/mol. The number of benzene rings is 2. The highest BCUT2D eigenvalue weighted by atomic mass is 79.9. The van der Waals surface area contributed by atoms with Crippen molar-refractivity contribution in [2.24, 2.45) is 0 Å². The van der Waals surface area contributed by atoms with Gasteiger partial charge in [0.25, 0.3) is 0 Å². The minimum atomic E-state index is 0.0275. The van der Waals surface area contributed by atoms with Gasteiger partial charge in [-0.3, -0.25) is 4.79 Å². The molecule has 0 aliphatic heterocycles. The first-order chi connectivity index (χ1) is 14.1. The van der Waals surface area contributed by atoms with Crippen LogP contribution in [0.2, 0.25) is 0 Å². The Bertz CT molecular complexity index is 740. The molecule has 2 aromatic rings. The summed E-state index contributed by atoms with van der Waals surface area (Å²) in [5, 5.41) is 0. The van der Waals surface area contributed by atoms with E-state index in [4.69, 9.17) is 4.74 Å². The zero-order valence-electron chi connectivity index (χ0n) is 17.4. The summed E-state index contributed by atoms with van der Waals surface area (Å²) in [6, 6.07) is 14.9. The third-order valence-corrected chi connectivity index (χ3v) is 5.40. The highest BCUT2D eigenvalue weighted by molar-refractivity contribution is 9.10. The Morgan fingerprint density at radius 1 is 0.931 bits per heavy atom. The summed E-state index contributed by atoms with van der Waals surface area (Å²) in [4.78, 5) is 14.8. The first-order valence-corrected chi connectivity index (χ1v) is 11.2. The van der Waals surface area contributed by atoms with Gasteiger partial charge in [-0.25, -0.2) is 0 Å². The second-order valence-corrected chi connectivity index (χ2v) is 8.30. The van der Waals surface area contributed by atoms with Gasteiger partial charge in [-0.15, -0.1) is 6.58 Å². The van der Waals surface area contributed by atoms with Gasteiger partial charge < -0.3 is 9.64 Å². The van der Waals surface area contributed by atoms with E-state index >= 15 is 0 Å². The summed E-state index contributed by atoms with van der Waals surface area (Å²) in [5.41, 5.74) is 1.37. The number of halogens is 1. The van der Waals surface area contributed by atoms with Crippen LogP contribution in [0.4, 0.5) is 0 Å². The summed E-state index contributed by atoms with van der Waals surface area (Å²) in [5.74, 6) is 0.849. The average molecular weight is 458 g/mol. The van der Waals surface area contributed by atoms with E-state index in [0.29, 0.717) is 11.1 Å². The fourth-order valence-corrected chi connectivity index (χ4v) is 3.43. The molecule has 0 heterocycles. The van der Waals surface area contributed by atoms with Crippen LogP contribution >= 0.6 is 15.9 Å². The molecular formula is C25H32BrNO2. The van der Waals surface area contributed by atoms with Crippen molar-refractivity contribution in [1.82, 2.24) is 4.90 Å². The maximum atomic E-state index is 12.5. The van der Waals surface area contributed by atoms with Crippen LogP contribution in [-0.4, -0.2) is 37.4 Å². The Morgan fingerprint density at radius 3 is 2.10 bits per heavy atom. The van der Waals surface area contributed by atoms with E-state index in [9.17, 15) is 4.79 Å². The zero-order chi connectivity index (χ0) is 20.9. The molecule has 0 radical (unpaired) electrons. The molecule has 156 valence electrons. The molecule has 3 nitrogen and oxygen atoms in total. The summed E-state index contributed by atoms with van der Waals surface area (Å²) in [6.45, 7) is 6.61. The fourth-order valence-electron chi connectivity index (χ4n) is 3.16. The van der Waals surface area contributed by atoms with Crippen LogP contribution in [0, 0.1) is 0 Å². The van der Waals surface area contributed by atoms with Crippen LogP contribution in [0.25, 0.3) is 0 Å². The lowest BCUT2D eigenvalue weighted by Crippen LogP contribution is -2.19. The van der Waals surface area contributed by atoms with E-state index in [1.54, 1.807) is 0 Å². The number of unbranched alkanes of at least 4 members (excludes halogenated alkanes) is 5. The van der Waals surface area contributed by atoms with Crippen LogP contribution in [0.1, 0.15) is 54.4 Å². The Morgan fingerprint density at radius 2 is 1.48 bits per heavy atom. The highest BCUT2D eigenvalue weighted by Crippen LogP contribution is 2.18. The first-order valence-electron chi connectivity index (χ1n) is 10.4. The molecule has 0 saturated carbocycles. The number of carbonyl (C=O) groups is 1. The maximum Gasteiger partial charge on any atom is 0.193 e. The number of ketones is 1. The fraction of sp³-hybridized carbons (Fsp3) is 0.400. The van der Waals surface area contributed by atoms with Crippen LogP contribution < -0.4 is 4.74 Å². The Kier molecular flexibility index (Phi) is 10.7. The van der Waals surface area contributed by atoms with Gasteiger partial charge >= 0.3 is 0 Å². The monoisotopic (exact) mass is 457 g/mol. The standard InChI is InChI=1S/C25H32BrNO2/c1-3-18-27(2)19-8-6-4-5-7-9-20-29-24-16-12-22(13-17-24)25(28)21-10-14-23(26)15-11-21/h3,10-17H,1,4-9,18-20H2,2H3. The number of carbonyl (C=O) groups excluding carboxylic acids is 1. The van der Waals surface area contributed by atoms with E-state index < -0.39 is 0 Å². The van der Waals surface area contributed by atoms with Crippen molar-refractivity contribution in [3.8, 4) is 5.75 Å². The Balaban J connectivity index is 1.59. The van der Waals surface area contributed by atoms with E-state index in [0.717, 1.165) is 36.3 Å². The van der Waals surface area contributed by atoms with Crippen molar-refractivity contribution in [3.63, 3.8) is 0 Å². The molecule has 0 amide bonds. The van der Waals surface area contributed by atoms with Crippen molar-refractivity contribution in [2.75, 3.05) is 26.7 Å². The third-order valence-electron chi connectivity index (χ3n) is 4.87. The van der Waals surface area contributed by atoms with Gasteiger partial charge in [-0.05, 0) is 75.0 Å². The maximum absolute atomic E-state index is 12.5. The van der Waals surface area contributed by atoms with E-state index in [1.807, 2.05) is 54.6 Å². The lowest BCUT2D eigenvalue weighted by atomic mass is 10.0. The molecule has 0 unspecified atom stereocenters. The average Bonchev–Trinajstić information content (AvgIpc) is 2.73. The molecule has 0 saturated heterocycles. The highest BCUT2D eigenvalue weighted by Gasteiger charge is 2.09. The summed E-state index contributed by atoms with van der Waals surface area (Å²) < 4.78 is 6.78. The molecule has 0 aliphatic carbocycles. The third kappa shape index (κ3) is 8.97. The van der Waals surface area contributed by atoms with Gasteiger partial charge in [0.2, 0.25) is 0 Å². The van der Waals surface area contributed by atoms with E-state index in [1.165, 1.54) is 32.1 Å². The number of likely N-dealkylation sites (N-methyl/N-ethyl adjacent to an activating group) is 1. The predicted molar refractivity (Wildman–Crippen MR) is 125 cm³/mol. The summed E-state index contributed by atoms with van der Waals surface area (Å²) in [7, 11) is 2.14. The van der Waals surface area contributed by atoms with Crippen molar-refractivity contribution in [3.05, 3.63) is 76.8 Å². The number of nitrogens with zero attached hydrogens (tertiary/aromatic N) is 1. The number of rotatable bonds is 14. The topological polar surface area (TPSA) is 29.5 Å². The van der Waals surface area contributed by atoms with Crippen LogP contribution in [0.3, 0.4) is 0 Å².